The summed E-state index contributed by atoms with van der Waals surface area (Å²) in [6.45, 7) is 2.53. The summed E-state index contributed by atoms with van der Waals surface area (Å²) in [5.41, 5.74) is 2.41. The lowest BCUT2D eigenvalue weighted by Crippen LogP contribution is -2.28. The zero-order valence-electron chi connectivity index (χ0n) is 16.0. The van der Waals surface area contributed by atoms with Crippen molar-refractivity contribution >= 4 is 55.8 Å². The van der Waals surface area contributed by atoms with Crippen molar-refractivity contribution < 1.29 is 4.79 Å². The molecule has 5 rings (SSSR count). The van der Waals surface area contributed by atoms with Crippen LogP contribution in [-0.2, 0) is 17.9 Å². The molecular weight excluding hydrogens is 418 g/mol. The molecule has 0 atom stereocenters. The maximum absolute atomic E-state index is 13.1. The number of carbonyl (C=O) groups excluding carboxylic acids is 1. The maximum Gasteiger partial charge on any atom is 0.263 e. The number of aromatic nitrogens is 4. The molecule has 0 unspecified atom stereocenters. The van der Waals surface area contributed by atoms with Gasteiger partial charge in [0.1, 0.15) is 11.4 Å². The van der Waals surface area contributed by atoms with E-state index < -0.39 is 0 Å². The first kappa shape index (κ1) is 18.7. The summed E-state index contributed by atoms with van der Waals surface area (Å²) in [4.78, 5) is 36.4. The summed E-state index contributed by atoms with van der Waals surface area (Å²) in [5.74, 6) is 0.150. The lowest BCUT2D eigenvalue weighted by Gasteiger charge is -2.09. The number of nitrogens with one attached hydrogen (secondary N) is 1. The largest absolute Gasteiger partial charge is 0.310 e. The number of aryl methyl sites for hydroxylation is 1. The number of imidazole rings is 1. The van der Waals surface area contributed by atoms with Crippen LogP contribution in [0.3, 0.4) is 0 Å². The fourth-order valence-electron chi connectivity index (χ4n) is 3.50. The van der Waals surface area contributed by atoms with Crippen molar-refractivity contribution in [2.24, 2.45) is 0 Å². The minimum absolute atomic E-state index is 0.131. The first-order chi connectivity index (χ1) is 14.7. The Labute approximate surface area is 179 Å². The van der Waals surface area contributed by atoms with Gasteiger partial charge in [-0.2, -0.15) is 0 Å². The van der Waals surface area contributed by atoms with Crippen LogP contribution in [0.4, 0.5) is 5.95 Å². The van der Waals surface area contributed by atoms with Crippen LogP contribution in [0.5, 0.6) is 0 Å². The van der Waals surface area contributed by atoms with Crippen LogP contribution < -0.4 is 10.9 Å². The van der Waals surface area contributed by atoms with Gasteiger partial charge in [0.05, 0.1) is 22.7 Å². The highest BCUT2D eigenvalue weighted by Gasteiger charge is 2.17. The van der Waals surface area contributed by atoms with Crippen molar-refractivity contribution in [3.8, 4) is 10.4 Å². The van der Waals surface area contributed by atoms with Crippen LogP contribution in [0.1, 0.15) is 6.92 Å². The number of rotatable bonds is 5. The van der Waals surface area contributed by atoms with Gasteiger partial charge in [-0.3, -0.25) is 19.5 Å². The lowest BCUT2D eigenvalue weighted by molar-refractivity contribution is -0.116. The molecule has 1 amide bonds. The van der Waals surface area contributed by atoms with Crippen LogP contribution in [0.25, 0.3) is 31.7 Å². The molecule has 9 heteroatoms. The number of hydrogen-bond donors (Lipinski definition) is 1. The van der Waals surface area contributed by atoms with E-state index in [4.69, 9.17) is 0 Å². The third kappa shape index (κ3) is 3.12. The topological polar surface area (TPSA) is 81.8 Å². The highest BCUT2D eigenvalue weighted by Crippen LogP contribution is 2.33. The fraction of sp³-hybridized carbons (Fsp3) is 0.143. The Kier molecular flexibility index (Phi) is 4.68. The standard InChI is InChI=1S/C21H17N5O2S2/c1-2-26-15-7-4-3-6-14(15)23-21(26)24-17(27)10-25-12-22-19-18(20(25)28)13(11-30-19)16-8-5-9-29-16/h3-9,11-12H,2,10H2,1H3,(H,23,24,27). The molecule has 0 spiro atoms. The Morgan fingerprint density at radius 2 is 2.03 bits per heavy atom. The quantitative estimate of drug-likeness (QED) is 0.449. The second-order valence-electron chi connectivity index (χ2n) is 6.70. The Bertz CT molecular complexity index is 1430. The van der Waals surface area contributed by atoms with E-state index in [1.165, 1.54) is 22.2 Å². The molecule has 0 aliphatic rings. The van der Waals surface area contributed by atoms with Crippen molar-refractivity contribution in [3.05, 3.63) is 63.8 Å². The molecule has 0 fully saturated rings. The summed E-state index contributed by atoms with van der Waals surface area (Å²) in [6, 6.07) is 11.6. The molecule has 1 aromatic carbocycles. The molecule has 0 aliphatic heterocycles. The monoisotopic (exact) mass is 435 g/mol. The third-order valence-corrected chi connectivity index (χ3v) is 6.67. The Morgan fingerprint density at radius 3 is 2.83 bits per heavy atom. The minimum atomic E-state index is -0.323. The number of para-hydroxylation sites is 2. The van der Waals surface area contributed by atoms with E-state index in [1.807, 2.05) is 58.6 Å². The van der Waals surface area contributed by atoms with E-state index in [2.05, 4.69) is 15.3 Å². The number of thiophene rings is 2. The van der Waals surface area contributed by atoms with Crippen molar-refractivity contribution in [1.82, 2.24) is 19.1 Å². The van der Waals surface area contributed by atoms with Gasteiger partial charge < -0.3 is 4.57 Å². The number of nitrogens with zero attached hydrogens (tertiary/aromatic N) is 4. The van der Waals surface area contributed by atoms with Crippen molar-refractivity contribution in [3.63, 3.8) is 0 Å². The Hall–Kier alpha value is -3.30. The van der Waals surface area contributed by atoms with Crippen molar-refractivity contribution in [2.75, 3.05) is 5.32 Å². The first-order valence-electron chi connectivity index (χ1n) is 9.41. The normalized spacial score (nSPS) is 11.4. The average Bonchev–Trinajstić information content (AvgIpc) is 3.47. The molecule has 30 heavy (non-hydrogen) atoms. The molecule has 5 aromatic rings. The summed E-state index contributed by atoms with van der Waals surface area (Å²) < 4.78 is 3.28. The number of fused-ring (bicyclic) bond motifs is 2. The second kappa shape index (κ2) is 7.51. The van der Waals surface area contributed by atoms with Gasteiger partial charge in [-0.25, -0.2) is 9.97 Å². The summed E-state index contributed by atoms with van der Waals surface area (Å²) in [5, 5.41) is 7.31. The molecule has 7 nitrogen and oxygen atoms in total. The summed E-state index contributed by atoms with van der Waals surface area (Å²) in [6.07, 6.45) is 1.43. The maximum atomic E-state index is 13.1. The van der Waals surface area contributed by atoms with Crippen LogP contribution in [0, 0.1) is 0 Å². The van der Waals surface area contributed by atoms with Gasteiger partial charge in [0, 0.05) is 22.4 Å². The zero-order valence-corrected chi connectivity index (χ0v) is 17.7. The van der Waals surface area contributed by atoms with Gasteiger partial charge in [0.15, 0.2) is 0 Å². The van der Waals surface area contributed by atoms with Gasteiger partial charge in [-0.05, 0) is 30.5 Å². The van der Waals surface area contributed by atoms with E-state index >= 15 is 0 Å². The third-order valence-electron chi connectivity index (χ3n) is 4.88. The molecule has 150 valence electrons. The molecule has 0 saturated heterocycles. The molecule has 1 N–H and O–H groups in total. The van der Waals surface area contributed by atoms with Crippen LogP contribution >= 0.6 is 22.7 Å². The van der Waals surface area contributed by atoms with Crippen LogP contribution in [0.2, 0.25) is 0 Å². The molecule has 4 aromatic heterocycles. The predicted molar refractivity (Wildman–Crippen MR) is 121 cm³/mol. The molecule has 0 saturated carbocycles. The van der Waals surface area contributed by atoms with Gasteiger partial charge in [-0.1, -0.05) is 18.2 Å². The van der Waals surface area contributed by atoms with E-state index in [9.17, 15) is 9.59 Å². The predicted octanol–water partition coefficient (Wildman–Crippen LogP) is 4.19. The number of hydrogen-bond acceptors (Lipinski definition) is 6. The molecular formula is C21H17N5O2S2. The minimum Gasteiger partial charge on any atom is -0.310 e. The SMILES string of the molecule is CCn1c(NC(=O)Cn2cnc3scc(-c4cccs4)c3c2=O)nc2ccccc21. The lowest BCUT2D eigenvalue weighted by atomic mass is 10.2. The summed E-state index contributed by atoms with van der Waals surface area (Å²) >= 11 is 3.00. The van der Waals surface area contributed by atoms with E-state index in [-0.39, 0.29) is 18.0 Å². The van der Waals surface area contributed by atoms with Crippen LogP contribution in [-0.4, -0.2) is 25.0 Å². The fourth-order valence-corrected chi connectivity index (χ4v) is 5.22. The number of benzene rings is 1. The molecule has 4 heterocycles. The number of anilines is 1. The molecule has 0 radical (unpaired) electrons. The van der Waals surface area contributed by atoms with Crippen LogP contribution in [0.15, 0.2) is 58.3 Å². The van der Waals surface area contributed by atoms with E-state index in [1.54, 1.807) is 11.3 Å². The van der Waals surface area contributed by atoms with Crippen molar-refractivity contribution in [2.45, 2.75) is 20.0 Å². The number of amides is 1. The van der Waals surface area contributed by atoms with Gasteiger partial charge in [-0.15, -0.1) is 22.7 Å². The van der Waals surface area contributed by atoms with Gasteiger partial charge in [0.2, 0.25) is 11.9 Å². The van der Waals surface area contributed by atoms with Gasteiger partial charge in [0.25, 0.3) is 5.56 Å². The zero-order chi connectivity index (χ0) is 20.7. The second-order valence-corrected chi connectivity index (χ2v) is 8.51. The first-order valence-corrected chi connectivity index (χ1v) is 11.2. The van der Waals surface area contributed by atoms with Crippen molar-refractivity contribution in [1.29, 1.82) is 0 Å². The molecule has 0 aliphatic carbocycles. The highest BCUT2D eigenvalue weighted by molar-refractivity contribution is 7.18. The highest BCUT2D eigenvalue weighted by atomic mass is 32.1. The van der Waals surface area contributed by atoms with Gasteiger partial charge >= 0.3 is 0 Å². The summed E-state index contributed by atoms with van der Waals surface area (Å²) in [7, 11) is 0. The number of carbonyl (C=O) groups is 1. The molecule has 0 bridgehead atoms. The van der Waals surface area contributed by atoms with E-state index in [0.29, 0.717) is 22.7 Å². The Morgan fingerprint density at radius 1 is 1.17 bits per heavy atom. The average molecular weight is 436 g/mol. The van der Waals surface area contributed by atoms with E-state index in [0.717, 1.165) is 21.5 Å². The Balaban J connectivity index is 1.46. The smallest absolute Gasteiger partial charge is 0.263 e.